The lowest BCUT2D eigenvalue weighted by atomic mass is 10.1. The summed E-state index contributed by atoms with van der Waals surface area (Å²) in [5.41, 5.74) is 5.25. The molecule has 1 fully saturated rings. The van der Waals surface area contributed by atoms with E-state index in [4.69, 9.17) is 9.97 Å². The van der Waals surface area contributed by atoms with Crippen LogP contribution >= 0.6 is 0 Å². The van der Waals surface area contributed by atoms with Crippen LogP contribution in [0.2, 0.25) is 0 Å². The van der Waals surface area contributed by atoms with Crippen molar-refractivity contribution in [3.8, 4) is 0 Å². The number of fused-ring (bicyclic) bond motifs is 1. The predicted octanol–water partition coefficient (Wildman–Crippen LogP) is 2.69. The van der Waals surface area contributed by atoms with Crippen molar-refractivity contribution in [2.45, 2.75) is 32.6 Å². The molecule has 28 heavy (non-hydrogen) atoms. The van der Waals surface area contributed by atoms with Gasteiger partial charge in [-0.05, 0) is 56.0 Å². The third-order valence-corrected chi connectivity index (χ3v) is 5.84. The third-order valence-electron chi connectivity index (χ3n) is 5.84. The van der Waals surface area contributed by atoms with Crippen molar-refractivity contribution in [1.82, 2.24) is 14.9 Å². The molecule has 0 radical (unpaired) electrons. The molecule has 0 saturated carbocycles. The van der Waals surface area contributed by atoms with Gasteiger partial charge in [-0.15, -0.1) is 0 Å². The van der Waals surface area contributed by atoms with Gasteiger partial charge in [0.2, 0.25) is 5.95 Å². The van der Waals surface area contributed by atoms with E-state index in [1.165, 1.54) is 18.4 Å². The van der Waals surface area contributed by atoms with Crippen LogP contribution in [-0.2, 0) is 12.8 Å². The van der Waals surface area contributed by atoms with Crippen LogP contribution in [0.25, 0.3) is 0 Å². The Kier molecular flexibility index (Phi) is 5.20. The molecule has 0 aliphatic carbocycles. The highest BCUT2D eigenvalue weighted by atomic mass is 16.2. The second-order valence-corrected chi connectivity index (χ2v) is 7.96. The van der Waals surface area contributed by atoms with E-state index in [1.54, 1.807) is 0 Å². The molecule has 0 spiro atoms. The number of rotatable bonds is 3. The fourth-order valence-corrected chi connectivity index (χ4v) is 4.12. The van der Waals surface area contributed by atoms with Crippen LogP contribution in [0.15, 0.2) is 24.3 Å². The summed E-state index contributed by atoms with van der Waals surface area (Å²) in [6.07, 6.45) is 4.05. The number of amides is 1. The normalized spacial score (nSPS) is 16.7. The molecule has 2 aromatic rings. The largest absolute Gasteiger partial charge is 0.378 e. The van der Waals surface area contributed by atoms with Crippen LogP contribution < -0.4 is 9.80 Å². The summed E-state index contributed by atoms with van der Waals surface area (Å²) in [6.45, 7) is 5.60. The minimum Gasteiger partial charge on any atom is -0.378 e. The Labute approximate surface area is 167 Å². The van der Waals surface area contributed by atoms with E-state index < -0.39 is 0 Å². The molecule has 148 valence electrons. The van der Waals surface area contributed by atoms with Gasteiger partial charge in [0.05, 0.1) is 5.69 Å². The molecule has 3 heterocycles. The molecule has 4 rings (SSSR count). The Balaban J connectivity index is 1.50. The van der Waals surface area contributed by atoms with E-state index in [1.807, 2.05) is 48.2 Å². The molecular weight excluding hydrogens is 350 g/mol. The van der Waals surface area contributed by atoms with Gasteiger partial charge in [-0.2, -0.15) is 0 Å². The number of nitrogens with zero attached hydrogens (tertiary/aromatic N) is 5. The SMILES string of the molecule is Cc1nc(N2CCCC2)nc2c1CCN(C(=O)c1ccc(N(C)C)cc1)CC2. The average molecular weight is 380 g/mol. The highest BCUT2D eigenvalue weighted by Crippen LogP contribution is 2.23. The number of carbonyl (C=O) groups excluding carboxylic acids is 1. The molecular formula is C22H29N5O. The van der Waals surface area contributed by atoms with Crippen molar-refractivity contribution in [2.24, 2.45) is 0 Å². The van der Waals surface area contributed by atoms with E-state index in [0.29, 0.717) is 13.1 Å². The minimum absolute atomic E-state index is 0.100. The summed E-state index contributed by atoms with van der Waals surface area (Å²) in [6, 6.07) is 7.84. The molecule has 0 unspecified atom stereocenters. The maximum Gasteiger partial charge on any atom is 0.253 e. The van der Waals surface area contributed by atoms with Gasteiger partial charge in [0.25, 0.3) is 5.91 Å². The minimum atomic E-state index is 0.100. The van der Waals surface area contributed by atoms with Crippen molar-refractivity contribution in [3.05, 3.63) is 46.8 Å². The Morgan fingerprint density at radius 2 is 1.64 bits per heavy atom. The van der Waals surface area contributed by atoms with E-state index in [9.17, 15) is 4.79 Å². The van der Waals surface area contributed by atoms with Crippen molar-refractivity contribution >= 4 is 17.5 Å². The molecule has 6 heteroatoms. The maximum absolute atomic E-state index is 13.0. The van der Waals surface area contributed by atoms with E-state index in [-0.39, 0.29) is 5.91 Å². The highest BCUT2D eigenvalue weighted by molar-refractivity contribution is 5.94. The Morgan fingerprint density at radius 3 is 2.32 bits per heavy atom. The van der Waals surface area contributed by atoms with Gasteiger partial charge in [0.15, 0.2) is 0 Å². The number of benzene rings is 1. The van der Waals surface area contributed by atoms with Crippen LogP contribution in [0.1, 0.15) is 40.2 Å². The van der Waals surface area contributed by atoms with Gasteiger partial charge in [0.1, 0.15) is 0 Å². The molecule has 2 aliphatic heterocycles. The molecule has 1 aromatic heterocycles. The van der Waals surface area contributed by atoms with Crippen LogP contribution in [0.5, 0.6) is 0 Å². The predicted molar refractivity (Wildman–Crippen MR) is 112 cm³/mol. The molecule has 6 nitrogen and oxygen atoms in total. The third kappa shape index (κ3) is 3.68. The van der Waals surface area contributed by atoms with Gasteiger partial charge in [-0.25, -0.2) is 9.97 Å². The van der Waals surface area contributed by atoms with Crippen LogP contribution in [-0.4, -0.2) is 61.0 Å². The number of hydrogen-bond donors (Lipinski definition) is 0. The van der Waals surface area contributed by atoms with Crippen molar-refractivity contribution in [3.63, 3.8) is 0 Å². The summed E-state index contributed by atoms with van der Waals surface area (Å²) in [5.74, 6) is 0.969. The summed E-state index contributed by atoms with van der Waals surface area (Å²) < 4.78 is 0. The van der Waals surface area contributed by atoms with E-state index in [2.05, 4.69) is 11.8 Å². The second-order valence-electron chi connectivity index (χ2n) is 7.96. The van der Waals surface area contributed by atoms with E-state index >= 15 is 0 Å². The second kappa shape index (κ2) is 7.78. The first kappa shape index (κ1) is 18.7. The standard InChI is InChI=1S/C22H29N5O/c1-16-19-10-14-26(21(28)17-6-8-18(9-7-17)25(2)3)15-11-20(19)24-22(23-16)27-12-4-5-13-27/h6-9H,4-5,10-15H2,1-3H3. The quantitative estimate of drug-likeness (QED) is 0.821. The fraction of sp³-hybridized carbons (Fsp3) is 0.500. The first-order valence-corrected chi connectivity index (χ1v) is 10.2. The molecule has 2 aliphatic rings. The summed E-state index contributed by atoms with van der Waals surface area (Å²) in [5, 5.41) is 0. The first-order chi connectivity index (χ1) is 13.5. The Bertz CT molecular complexity index is 856. The van der Waals surface area contributed by atoms with Crippen LogP contribution in [0.3, 0.4) is 0 Å². The number of carbonyl (C=O) groups is 1. The smallest absolute Gasteiger partial charge is 0.253 e. The van der Waals surface area contributed by atoms with Crippen molar-refractivity contribution in [2.75, 3.05) is 50.1 Å². The van der Waals surface area contributed by atoms with Gasteiger partial charge < -0.3 is 14.7 Å². The zero-order chi connectivity index (χ0) is 19.7. The van der Waals surface area contributed by atoms with Crippen LogP contribution in [0, 0.1) is 6.92 Å². The summed E-state index contributed by atoms with van der Waals surface area (Å²) in [4.78, 5) is 29.0. The zero-order valence-corrected chi connectivity index (χ0v) is 17.1. The fourth-order valence-electron chi connectivity index (χ4n) is 4.12. The lowest BCUT2D eigenvalue weighted by molar-refractivity contribution is 0.0763. The summed E-state index contributed by atoms with van der Waals surface area (Å²) >= 11 is 0. The average Bonchev–Trinajstić information content (AvgIpc) is 3.15. The van der Waals surface area contributed by atoms with Gasteiger partial charge in [0, 0.05) is 63.6 Å². The monoisotopic (exact) mass is 379 g/mol. The van der Waals surface area contributed by atoms with Crippen molar-refractivity contribution < 1.29 is 4.79 Å². The lowest BCUT2D eigenvalue weighted by Crippen LogP contribution is -2.33. The number of hydrogen-bond acceptors (Lipinski definition) is 5. The molecule has 1 amide bonds. The van der Waals surface area contributed by atoms with E-state index in [0.717, 1.165) is 54.5 Å². The Morgan fingerprint density at radius 1 is 0.964 bits per heavy atom. The van der Waals surface area contributed by atoms with Gasteiger partial charge in [-0.1, -0.05) is 0 Å². The summed E-state index contributed by atoms with van der Waals surface area (Å²) in [7, 11) is 4.01. The highest BCUT2D eigenvalue weighted by Gasteiger charge is 2.24. The number of aryl methyl sites for hydroxylation is 1. The molecule has 0 N–H and O–H groups in total. The molecule has 1 saturated heterocycles. The molecule has 1 aromatic carbocycles. The van der Waals surface area contributed by atoms with Crippen molar-refractivity contribution in [1.29, 1.82) is 0 Å². The van der Waals surface area contributed by atoms with Gasteiger partial charge >= 0.3 is 0 Å². The Hall–Kier alpha value is -2.63. The number of anilines is 2. The lowest BCUT2D eigenvalue weighted by Gasteiger charge is -2.21. The maximum atomic E-state index is 13.0. The molecule has 0 bridgehead atoms. The number of aromatic nitrogens is 2. The zero-order valence-electron chi connectivity index (χ0n) is 17.1. The van der Waals surface area contributed by atoms with Gasteiger partial charge in [-0.3, -0.25) is 4.79 Å². The first-order valence-electron chi connectivity index (χ1n) is 10.2. The van der Waals surface area contributed by atoms with Crippen LogP contribution in [0.4, 0.5) is 11.6 Å². The topological polar surface area (TPSA) is 52.6 Å². The molecule has 0 atom stereocenters.